The van der Waals surface area contributed by atoms with Gasteiger partial charge in [0.2, 0.25) is 0 Å². The van der Waals surface area contributed by atoms with Crippen LogP contribution in [0.2, 0.25) is 0 Å². The van der Waals surface area contributed by atoms with E-state index in [-0.39, 0.29) is 0 Å². The highest BCUT2D eigenvalue weighted by molar-refractivity contribution is 4.53. The Kier molecular flexibility index (Phi) is 29.4. The van der Waals surface area contributed by atoms with Crippen molar-refractivity contribution in [2.45, 2.75) is 193 Å². The number of rotatable bonds is 0. The molecule has 0 atom stereocenters. The second kappa shape index (κ2) is 31.1. The molecule has 0 aromatic carbocycles. The first kappa shape index (κ1) is 33.9. The van der Waals surface area contributed by atoms with E-state index in [1.807, 2.05) is 0 Å². The third kappa shape index (κ3) is 28.5. The largest absolute Gasteiger partial charge is 0.377 e. The van der Waals surface area contributed by atoms with Gasteiger partial charge in [-0.3, -0.25) is 0 Å². The van der Waals surface area contributed by atoms with E-state index < -0.39 is 0 Å². The minimum absolute atomic E-state index is 0.778. The summed E-state index contributed by atoms with van der Waals surface area (Å²) in [7, 11) is 0. The van der Waals surface area contributed by atoms with Gasteiger partial charge in [0.25, 0.3) is 0 Å². The van der Waals surface area contributed by atoms with Gasteiger partial charge < -0.3 is 9.47 Å². The van der Waals surface area contributed by atoms with Gasteiger partial charge in [0.05, 0.1) is 26.4 Å². The van der Waals surface area contributed by atoms with E-state index >= 15 is 0 Å². The highest BCUT2D eigenvalue weighted by atomic mass is 16.6. The molecule has 0 unspecified atom stereocenters. The van der Waals surface area contributed by atoms with Gasteiger partial charge in [0, 0.05) is 0 Å². The highest BCUT2D eigenvalue weighted by Gasteiger charge is 1.98. The summed E-state index contributed by atoms with van der Waals surface area (Å²) in [5.74, 6) is 0. The van der Waals surface area contributed by atoms with Crippen LogP contribution in [0.1, 0.15) is 193 Å². The van der Waals surface area contributed by atoms with Gasteiger partial charge in [-0.2, -0.15) is 0 Å². The third-order valence-corrected chi connectivity index (χ3v) is 8.24. The van der Waals surface area contributed by atoms with Gasteiger partial charge in [-0.15, -0.1) is 0 Å². The lowest BCUT2D eigenvalue weighted by Gasteiger charge is -2.09. The Labute approximate surface area is 228 Å². The second-order valence-corrected chi connectivity index (χ2v) is 11.8. The van der Waals surface area contributed by atoms with Crippen molar-refractivity contribution in [2.75, 3.05) is 26.4 Å². The molecule has 36 heavy (non-hydrogen) atoms. The van der Waals surface area contributed by atoms with E-state index in [2.05, 4.69) is 0 Å². The molecule has 0 radical (unpaired) electrons. The molecule has 0 amide bonds. The van der Waals surface area contributed by atoms with Crippen LogP contribution in [-0.4, -0.2) is 26.4 Å². The van der Waals surface area contributed by atoms with E-state index in [0.29, 0.717) is 0 Å². The maximum atomic E-state index is 4.94. The minimum Gasteiger partial charge on any atom is -0.377 e. The molecule has 6 aliphatic rings. The van der Waals surface area contributed by atoms with Crippen LogP contribution >= 0.6 is 0 Å². The molecule has 1 heterocycles. The predicted molar refractivity (Wildman–Crippen MR) is 160 cm³/mol. The number of hydrogen-bond acceptors (Lipinski definition) is 2. The molecule has 216 valence electrons. The lowest BCUT2D eigenvalue weighted by molar-refractivity contribution is -0.0334. The summed E-state index contributed by atoms with van der Waals surface area (Å²) in [5, 5.41) is 0. The third-order valence-electron chi connectivity index (χ3n) is 8.24. The first-order valence-corrected chi connectivity index (χ1v) is 17.2. The van der Waals surface area contributed by atoms with Crippen molar-refractivity contribution in [2.24, 2.45) is 0 Å². The van der Waals surface area contributed by atoms with Crippen molar-refractivity contribution in [3.63, 3.8) is 0 Å². The summed E-state index contributed by atoms with van der Waals surface area (Å²) in [6.07, 6.45) is 45.0. The first-order chi connectivity index (χ1) is 18.0. The Morgan fingerprint density at radius 3 is 0.278 bits per heavy atom. The van der Waals surface area contributed by atoms with Crippen LogP contribution in [0, 0.1) is 0 Å². The van der Waals surface area contributed by atoms with Gasteiger partial charge in [-0.1, -0.05) is 193 Å². The summed E-state index contributed by atoms with van der Waals surface area (Å²) >= 11 is 0. The average molecular weight is 509 g/mol. The summed E-state index contributed by atoms with van der Waals surface area (Å²) in [5.41, 5.74) is 0. The van der Waals surface area contributed by atoms with Crippen LogP contribution in [-0.2, 0) is 9.47 Å². The molecular formula is C34H68O2. The fourth-order valence-electron chi connectivity index (χ4n) is 5.74. The zero-order valence-corrected chi connectivity index (χ0v) is 24.9. The van der Waals surface area contributed by atoms with Crippen LogP contribution in [0.25, 0.3) is 0 Å². The molecule has 1 aliphatic heterocycles. The molecule has 0 aromatic heterocycles. The molecule has 6 rings (SSSR count). The maximum Gasteiger partial charge on any atom is 0.0701 e. The Hall–Kier alpha value is -0.0800. The molecule has 0 bridgehead atoms. The van der Waals surface area contributed by atoms with Gasteiger partial charge in [-0.05, 0) is 0 Å². The SMILES string of the molecule is C1CCCCC1.C1CCCCC1.C1CCCCC1.C1CCCCC1.C1CCCCC1.C1COCCO1. The smallest absolute Gasteiger partial charge is 0.0701 e. The van der Waals surface area contributed by atoms with Crippen LogP contribution in [0.3, 0.4) is 0 Å². The predicted octanol–water partition coefficient (Wildman–Crippen LogP) is 11.7. The Balaban J connectivity index is 0.000000216. The van der Waals surface area contributed by atoms with Gasteiger partial charge in [0.1, 0.15) is 0 Å². The Morgan fingerprint density at radius 2 is 0.222 bits per heavy atom. The molecule has 6 fully saturated rings. The topological polar surface area (TPSA) is 18.5 Å². The Morgan fingerprint density at radius 1 is 0.139 bits per heavy atom. The maximum absolute atomic E-state index is 4.94. The van der Waals surface area contributed by atoms with Crippen LogP contribution in [0.15, 0.2) is 0 Å². The first-order valence-electron chi connectivity index (χ1n) is 17.2. The quantitative estimate of drug-likeness (QED) is 0.324. The Bertz CT molecular complexity index is 197. The van der Waals surface area contributed by atoms with Crippen LogP contribution in [0.4, 0.5) is 0 Å². The molecule has 2 nitrogen and oxygen atoms in total. The molecule has 0 spiro atoms. The van der Waals surface area contributed by atoms with E-state index in [9.17, 15) is 0 Å². The lowest BCUT2D eigenvalue weighted by atomic mass is 10.0. The minimum atomic E-state index is 0.778. The molecule has 2 heteroatoms. The van der Waals surface area contributed by atoms with E-state index in [1.165, 1.54) is 193 Å². The van der Waals surface area contributed by atoms with Gasteiger partial charge in [-0.25, -0.2) is 0 Å². The zero-order valence-electron chi connectivity index (χ0n) is 24.9. The highest BCUT2D eigenvalue weighted by Crippen LogP contribution is 2.17. The van der Waals surface area contributed by atoms with Crippen molar-refractivity contribution < 1.29 is 9.47 Å². The lowest BCUT2D eigenvalue weighted by Crippen LogP contribution is -2.16. The molecule has 5 aliphatic carbocycles. The number of ether oxygens (including phenoxy) is 2. The summed E-state index contributed by atoms with van der Waals surface area (Å²) < 4.78 is 9.89. The van der Waals surface area contributed by atoms with Crippen LogP contribution < -0.4 is 0 Å². The average Bonchev–Trinajstić information content (AvgIpc) is 3.04. The molecule has 1 saturated heterocycles. The summed E-state index contributed by atoms with van der Waals surface area (Å²) in [4.78, 5) is 0. The van der Waals surface area contributed by atoms with Crippen molar-refractivity contribution in [3.8, 4) is 0 Å². The molecule has 0 aromatic rings. The molecular weight excluding hydrogens is 440 g/mol. The van der Waals surface area contributed by atoms with Crippen molar-refractivity contribution in [1.29, 1.82) is 0 Å². The van der Waals surface area contributed by atoms with E-state index in [0.717, 1.165) is 26.4 Å². The van der Waals surface area contributed by atoms with E-state index in [4.69, 9.17) is 9.47 Å². The molecule has 0 N–H and O–H groups in total. The van der Waals surface area contributed by atoms with Gasteiger partial charge in [0.15, 0.2) is 0 Å². The summed E-state index contributed by atoms with van der Waals surface area (Å²) in [6, 6.07) is 0. The molecule has 5 saturated carbocycles. The fraction of sp³-hybridized carbons (Fsp3) is 1.00. The van der Waals surface area contributed by atoms with Crippen molar-refractivity contribution in [1.82, 2.24) is 0 Å². The summed E-state index contributed by atoms with van der Waals surface area (Å²) in [6.45, 7) is 3.11. The number of hydrogen-bond donors (Lipinski definition) is 0. The van der Waals surface area contributed by atoms with Gasteiger partial charge >= 0.3 is 0 Å². The standard InChI is InChI=1S/5C6H12.C4H8O2/c5*1-2-4-6-5-3-1;1-2-6-4-3-5-1/h5*1-6H2;1-4H2. The fourth-order valence-corrected chi connectivity index (χ4v) is 5.74. The van der Waals surface area contributed by atoms with E-state index in [1.54, 1.807) is 0 Å². The normalized spacial score (nSPS) is 24.0. The monoisotopic (exact) mass is 509 g/mol. The van der Waals surface area contributed by atoms with Crippen LogP contribution in [0.5, 0.6) is 0 Å². The zero-order chi connectivity index (χ0) is 25.5. The van der Waals surface area contributed by atoms with Crippen molar-refractivity contribution >= 4 is 0 Å². The second-order valence-electron chi connectivity index (χ2n) is 11.8. The van der Waals surface area contributed by atoms with Crippen molar-refractivity contribution in [3.05, 3.63) is 0 Å².